The van der Waals surface area contributed by atoms with E-state index in [4.69, 9.17) is 10.4 Å². The fraction of sp³-hybridized carbons (Fsp3) is 0.125. The molecule has 0 amide bonds. The first-order valence-electron chi connectivity index (χ1n) is 4.28. The van der Waals surface area contributed by atoms with E-state index in [9.17, 15) is 18.5 Å². The molecule has 1 aromatic rings. The Labute approximate surface area is 96.9 Å². The Bertz CT molecular complexity index is 590. The Kier molecular flexibility index (Phi) is 3.62. The van der Waals surface area contributed by atoms with Gasteiger partial charge >= 0.3 is 0 Å². The second kappa shape index (κ2) is 4.77. The summed E-state index contributed by atoms with van der Waals surface area (Å²) in [7, 11) is -3.99. The highest BCUT2D eigenvalue weighted by molar-refractivity contribution is 7.89. The Balaban J connectivity index is 3.28. The summed E-state index contributed by atoms with van der Waals surface area (Å²) < 4.78 is 22.0. The molecule has 0 saturated carbocycles. The molecule has 0 aliphatic rings. The number of anilines is 1. The van der Waals surface area contributed by atoms with Gasteiger partial charge < -0.3 is 5.32 Å². The first kappa shape index (κ1) is 12.9. The van der Waals surface area contributed by atoms with Gasteiger partial charge in [-0.15, -0.1) is 0 Å². The van der Waals surface area contributed by atoms with E-state index in [0.717, 1.165) is 12.1 Å². The zero-order valence-corrected chi connectivity index (χ0v) is 9.27. The molecule has 0 atom stereocenters. The van der Waals surface area contributed by atoms with Gasteiger partial charge in [0.2, 0.25) is 10.0 Å². The second-order valence-corrected chi connectivity index (χ2v) is 4.55. The monoisotopic (exact) mass is 256 g/mol. The van der Waals surface area contributed by atoms with Crippen LogP contribution in [0.15, 0.2) is 23.1 Å². The van der Waals surface area contributed by atoms with Crippen LogP contribution < -0.4 is 10.5 Å². The van der Waals surface area contributed by atoms with Crippen LogP contribution in [0.25, 0.3) is 0 Å². The van der Waals surface area contributed by atoms with Crippen molar-refractivity contribution in [3.8, 4) is 6.07 Å². The molecule has 17 heavy (non-hydrogen) atoms. The Morgan fingerprint density at radius 1 is 1.53 bits per heavy atom. The summed E-state index contributed by atoms with van der Waals surface area (Å²) in [6.45, 7) is -0.129. The van der Waals surface area contributed by atoms with Gasteiger partial charge in [-0.1, -0.05) is 0 Å². The summed E-state index contributed by atoms with van der Waals surface area (Å²) >= 11 is 0. The number of nitro groups is 1. The highest BCUT2D eigenvalue weighted by Crippen LogP contribution is 2.26. The third-order valence-electron chi connectivity index (χ3n) is 1.85. The Morgan fingerprint density at radius 2 is 2.18 bits per heavy atom. The molecule has 90 valence electrons. The van der Waals surface area contributed by atoms with Crippen LogP contribution in [-0.4, -0.2) is 19.9 Å². The van der Waals surface area contributed by atoms with Crippen molar-refractivity contribution in [2.24, 2.45) is 5.14 Å². The molecule has 0 bridgehead atoms. The molecule has 0 aliphatic heterocycles. The summed E-state index contributed by atoms with van der Waals surface area (Å²) in [5, 5.41) is 26.4. The molecule has 0 heterocycles. The van der Waals surface area contributed by atoms with E-state index in [2.05, 4.69) is 5.32 Å². The van der Waals surface area contributed by atoms with E-state index >= 15 is 0 Å². The number of nitriles is 1. The fourth-order valence-electron chi connectivity index (χ4n) is 1.12. The summed E-state index contributed by atoms with van der Waals surface area (Å²) in [4.78, 5) is 9.60. The van der Waals surface area contributed by atoms with Crippen LogP contribution in [-0.2, 0) is 10.0 Å². The zero-order chi connectivity index (χ0) is 13.1. The third-order valence-corrected chi connectivity index (χ3v) is 2.76. The predicted octanol–water partition coefficient (Wildman–Crippen LogP) is 0.178. The summed E-state index contributed by atoms with van der Waals surface area (Å²) in [5.74, 6) is 0. The van der Waals surface area contributed by atoms with Crippen LogP contribution in [0.1, 0.15) is 0 Å². The van der Waals surface area contributed by atoms with E-state index in [0.29, 0.717) is 0 Å². The van der Waals surface area contributed by atoms with Crippen LogP contribution in [0.3, 0.4) is 0 Å². The third kappa shape index (κ3) is 3.13. The van der Waals surface area contributed by atoms with Crippen molar-refractivity contribution in [2.45, 2.75) is 4.90 Å². The number of primary sulfonamides is 1. The van der Waals surface area contributed by atoms with Crippen molar-refractivity contribution in [3.05, 3.63) is 28.3 Å². The van der Waals surface area contributed by atoms with Crippen LogP contribution >= 0.6 is 0 Å². The molecule has 9 heteroatoms. The van der Waals surface area contributed by atoms with Crippen molar-refractivity contribution in [1.29, 1.82) is 5.26 Å². The van der Waals surface area contributed by atoms with Crippen LogP contribution in [0.5, 0.6) is 0 Å². The van der Waals surface area contributed by atoms with Gasteiger partial charge in [-0.25, -0.2) is 13.6 Å². The Hall–Kier alpha value is -2.18. The topological polar surface area (TPSA) is 139 Å². The molecule has 0 radical (unpaired) electrons. The SMILES string of the molecule is N#CCNc1ccc(S(N)(=O)=O)cc1[N+](=O)[O-]. The number of rotatable bonds is 4. The van der Waals surface area contributed by atoms with Gasteiger partial charge in [0, 0.05) is 6.07 Å². The fourth-order valence-corrected chi connectivity index (χ4v) is 1.66. The van der Waals surface area contributed by atoms with Crippen LogP contribution in [0.4, 0.5) is 11.4 Å². The maximum absolute atomic E-state index is 11.0. The van der Waals surface area contributed by atoms with Gasteiger partial charge in [0.25, 0.3) is 5.69 Å². The number of nitrogens with two attached hydrogens (primary N) is 1. The number of nitrogens with zero attached hydrogens (tertiary/aromatic N) is 2. The van der Waals surface area contributed by atoms with E-state index < -0.39 is 20.6 Å². The average molecular weight is 256 g/mol. The second-order valence-electron chi connectivity index (χ2n) is 2.99. The lowest BCUT2D eigenvalue weighted by Crippen LogP contribution is -2.13. The normalized spacial score (nSPS) is 10.6. The molecular weight excluding hydrogens is 248 g/mol. The number of nitrogens with one attached hydrogen (secondary N) is 1. The lowest BCUT2D eigenvalue weighted by atomic mass is 10.2. The van der Waals surface area contributed by atoms with Gasteiger partial charge in [0.15, 0.2) is 0 Å². The van der Waals surface area contributed by atoms with Gasteiger partial charge in [0.1, 0.15) is 12.2 Å². The lowest BCUT2D eigenvalue weighted by Gasteiger charge is -2.04. The molecule has 0 spiro atoms. The van der Waals surface area contributed by atoms with E-state index in [1.165, 1.54) is 6.07 Å². The predicted molar refractivity (Wildman–Crippen MR) is 58.6 cm³/mol. The molecule has 0 aromatic heterocycles. The maximum atomic E-state index is 11.0. The molecule has 1 rings (SSSR count). The molecule has 0 aliphatic carbocycles. The van der Waals surface area contributed by atoms with Crippen LogP contribution in [0.2, 0.25) is 0 Å². The summed E-state index contributed by atoms with van der Waals surface area (Å²) in [6.07, 6.45) is 0. The van der Waals surface area contributed by atoms with Gasteiger partial charge in [0.05, 0.1) is 15.9 Å². The first-order chi connectivity index (χ1) is 7.86. The zero-order valence-electron chi connectivity index (χ0n) is 8.45. The number of sulfonamides is 1. The van der Waals surface area contributed by atoms with Gasteiger partial charge in [-0.2, -0.15) is 5.26 Å². The largest absolute Gasteiger partial charge is 0.367 e. The Morgan fingerprint density at radius 3 is 2.65 bits per heavy atom. The molecule has 1 aromatic carbocycles. The molecule has 0 fully saturated rings. The minimum atomic E-state index is -3.99. The summed E-state index contributed by atoms with van der Waals surface area (Å²) in [6, 6.07) is 4.91. The smallest absolute Gasteiger partial charge is 0.293 e. The van der Waals surface area contributed by atoms with E-state index in [-0.39, 0.29) is 17.1 Å². The molecule has 8 nitrogen and oxygen atoms in total. The van der Waals surface area contributed by atoms with Crippen molar-refractivity contribution in [2.75, 3.05) is 11.9 Å². The molecule has 0 saturated heterocycles. The number of benzene rings is 1. The quantitative estimate of drug-likeness (QED) is 0.447. The van der Waals surface area contributed by atoms with E-state index in [1.807, 2.05) is 0 Å². The van der Waals surface area contributed by atoms with Crippen molar-refractivity contribution in [3.63, 3.8) is 0 Å². The minimum absolute atomic E-state index is 0.0592. The number of hydrogen-bond acceptors (Lipinski definition) is 6. The van der Waals surface area contributed by atoms with Gasteiger partial charge in [-0.05, 0) is 12.1 Å². The highest BCUT2D eigenvalue weighted by Gasteiger charge is 2.18. The van der Waals surface area contributed by atoms with Crippen molar-refractivity contribution < 1.29 is 13.3 Å². The van der Waals surface area contributed by atoms with Crippen molar-refractivity contribution >= 4 is 21.4 Å². The molecular formula is C8H8N4O4S. The van der Waals surface area contributed by atoms with Crippen LogP contribution in [0, 0.1) is 21.4 Å². The van der Waals surface area contributed by atoms with Crippen molar-refractivity contribution in [1.82, 2.24) is 0 Å². The van der Waals surface area contributed by atoms with Gasteiger partial charge in [-0.3, -0.25) is 10.1 Å². The lowest BCUT2D eigenvalue weighted by molar-refractivity contribution is -0.384. The average Bonchev–Trinajstić information content (AvgIpc) is 2.24. The molecule has 0 unspecified atom stereocenters. The first-order valence-corrected chi connectivity index (χ1v) is 5.83. The standard InChI is InChI=1S/C8H8N4O4S/c9-3-4-11-7-2-1-6(17(10,15)16)5-8(7)12(13)14/h1-2,5,11H,4H2,(H2,10,15,16). The number of nitro benzene ring substituents is 1. The molecule has 3 N–H and O–H groups in total. The maximum Gasteiger partial charge on any atom is 0.293 e. The number of hydrogen-bond donors (Lipinski definition) is 2. The van der Waals surface area contributed by atoms with E-state index in [1.54, 1.807) is 6.07 Å². The highest BCUT2D eigenvalue weighted by atomic mass is 32.2. The minimum Gasteiger partial charge on any atom is -0.367 e. The summed E-state index contributed by atoms with van der Waals surface area (Å²) in [5.41, 5.74) is -0.393.